The van der Waals surface area contributed by atoms with Gasteiger partial charge in [0.25, 0.3) is 0 Å². The summed E-state index contributed by atoms with van der Waals surface area (Å²) in [6.07, 6.45) is 0. The van der Waals surface area contributed by atoms with Crippen molar-refractivity contribution in [1.82, 2.24) is 0 Å². The molecular formula is C9H9BrO3. The Balaban J connectivity index is 3.13. The van der Waals surface area contributed by atoms with Crippen molar-refractivity contribution in [2.24, 2.45) is 0 Å². The minimum Gasteiger partial charge on any atom is -0.478 e. The molecule has 1 aromatic rings. The number of hydrogen-bond acceptors (Lipinski definition) is 2. The number of aromatic carboxylic acids is 1. The summed E-state index contributed by atoms with van der Waals surface area (Å²) in [6.45, 7) is -0.137. The quantitative estimate of drug-likeness (QED) is 0.798. The predicted octanol–water partition coefficient (Wildman–Crippen LogP) is 1.77. The largest absolute Gasteiger partial charge is 0.478 e. The topological polar surface area (TPSA) is 57.5 Å². The molecule has 13 heavy (non-hydrogen) atoms. The average Bonchev–Trinajstić information content (AvgIpc) is 2.16. The maximum absolute atomic E-state index is 10.6. The maximum atomic E-state index is 10.6. The van der Waals surface area contributed by atoms with Crippen molar-refractivity contribution < 1.29 is 15.0 Å². The molecule has 0 spiro atoms. The van der Waals surface area contributed by atoms with Crippen LogP contribution in [0.5, 0.6) is 0 Å². The average molecular weight is 245 g/mol. The van der Waals surface area contributed by atoms with Crippen LogP contribution in [0, 0.1) is 0 Å². The summed E-state index contributed by atoms with van der Waals surface area (Å²) >= 11 is 3.25. The molecule has 0 aromatic heterocycles. The zero-order chi connectivity index (χ0) is 9.84. The SMILES string of the molecule is O=C(O)c1ccc(CBr)c(CO)c1. The Bertz CT molecular complexity index is 323. The number of carbonyl (C=O) groups is 1. The van der Waals surface area contributed by atoms with Crippen molar-refractivity contribution in [1.29, 1.82) is 0 Å². The number of aliphatic hydroxyl groups excluding tert-OH is 1. The monoisotopic (exact) mass is 244 g/mol. The van der Waals surface area contributed by atoms with Gasteiger partial charge >= 0.3 is 5.97 Å². The fourth-order valence-electron chi connectivity index (χ4n) is 1.04. The zero-order valence-electron chi connectivity index (χ0n) is 6.83. The molecule has 0 bridgehead atoms. The molecule has 0 fully saturated rings. The molecule has 0 radical (unpaired) electrons. The lowest BCUT2D eigenvalue weighted by atomic mass is 10.1. The molecule has 0 atom stereocenters. The van der Waals surface area contributed by atoms with Gasteiger partial charge in [0.15, 0.2) is 0 Å². The Kier molecular flexibility index (Phi) is 3.45. The van der Waals surface area contributed by atoms with Crippen LogP contribution < -0.4 is 0 Å². The van der Waals surface area contributed by atoms with E-state index in [-0.39, 0.29) is 12.2 Å². The van der Waals surface area contributed by atoms with Crippen LogP contribution in [0.25, 0.3) is 0 Å². The number of benzene rings is 1. The van der Waals surface area contributed by atoms with E-state index in [1.807, 2.05) is 0 Å². The van der Waals surface area contributed by atoms with Gasteiger partial charge in [-0.25, -0.2) is 4.79 Å². The Morgan fingerprint density at radius 2 is 2.08 bits per heavy atom. The molecule has 0 saturated carbocycles. The van der Waals surface area contributed by atoms with E-state index in [4.69, 9.17) is 10.2 Å². The third-order valence-corrected chi connectivity index (χ3v) is 2.37. The molecule has 2 N–H and O–H groups in total. The van der Waals surface area contributed by atoms with Gasteiger partial charge in [-0.15, -0.1) is 0 Å². The first-order chi connectivity index (χ1) is 6.19. The van der Waals surface area contributed by atoms with Crippen LogP contribution in [0.2, 0.25) is 0 Å². The van der Waals surface area contributed by atoms with E-state index in [1.165, 1.54) is 12.1 Å². The maximum Gasteiger partial charge on any atom is 0.335 e. The van der Waals surface area contributed by atoms with Crippen LogP contribution in [0.1, 0.15) is 21.5 Å². The highest BCUT2D eigenvalue weighted by atomic mass is 79.9. The van der Waals surface area contributed by atoms with E-state index in [2.05, 4.69) is 15.9 Å². The molecule has 0 heterocycles. The number of halogens is 1. The van der Waals surface area contributed by atoms with Crippen molar-refractivity contribution in [3.05, 3.63) is 34.9 Å². The lowest BCUT2D eigenvalue weighted by Gasteiger charge is -2.04. The van der Waals surface area contributed by atoms with E-state index in [0.717, 1.165) is 5.56 Å². The summed E-state index contributed by atoms with van der Waals surface area (Å²) in [4.78, 5) is 10.6. The second-order valence-electron chi connectivity index (χ2n) is 2.58. The first-order valence-electron chi connectivity index (χ1n) is 3.71. The van der Waals surface area contributed by atoms with Gasteiger partial charge in [0.1, 0.15) is 0 Å². The van der Waals surface area contributed by atoms with E-state index < -0.39 is 5.97 Å². The molecule has 70 valence electrons. The van der Waals surface area contributed by atoms with Crippen molar-refractivity contribution in [2.75, 3.05) is 0 Å². The molecule has 0 saturated heterocycles. The second-order valence-corrected chi connectivity index (χ2v) is 3.14. The number of alkyl halides is 1. The molecule has 1 aromatic carbocycles. The van der Waals surface area contributed by atoms with Gasteiger partial charge < -0.3 is 10.2 Å². The summed E-state index contributed by atoms with van der Waals surface area (Å²) in [5.74, 6) is -0.976. The molecular weight excluding hydrogens is 236 g/mol. The van der Waals surface area contributed by atoms with Gasteiger partial charge in [0.05, 0.1) is 12.2 Å². The second kappa shape index (κ2) is 4.39. The lowest BCUT2D eigenvalue weighted by molar-refractivity contribution is 0.0696. The highest BCUT2D eigenvalue weighted by Crippen LogP contribution is 2.15. The minimum absolute atomic E-state index is 0.137. The van der Waals surface area contributed by atoms with Gasteiger partial charge in [0, 0.05) is 5.33 Å². The number of carboxylic acids is 1. The third-order valence-electron chi connectivity index (χ3n) is 1.77. The molecule has 1 rings (SSSR count). The molecule has 0 aliphatic carbocycles. The van der Waals surface area contributed by atoms with Gasteiger partial charge in [-0.1, -0.05) is 22.0 Å². The number of aliphatic hydroxyl groups is 1. The number of hydrogen-bond donors (Lipinski definition) is 2. The van der Waals surface area contributed by atoms with E-state index in [9.17, 15) is 4.79 Å². The van der Waals surface area contributed by atoms with E-state index >= 15 is 0 Å². The molecule has 0 aliphatic rings. The van der Waals surface area contributed by atoms with Crippen LogP contribution in [-0.2, 0) is 11.9 Å². The normalized spacial score (nSPS) is 10.0. The minimum atomic E-state index is -0.976. The first kappa shape index (κ1) is 10.2. The zero-order valence-corrected chi connectivity index (χ0v) is 8.41. The predicted molar refractivity (Wildman–Crippen MR) is 52.0 cm³/mol. The molecule has 3 nitrogen and oxygen atoms in total. The Morgan fingerprint density at radius 3 is 2.54 bits per heavy atom. The molecule has 0 amide bonds. The van der Waals surface area contributed by atoms with Gasteiger partial charge in [0.2, 0.25) is 0 Å². The smallest absolute Gasteiger partial charge is 0.335 e. The van der Waals surface area contributed by atoms with Crippen molar-refractivity contribution in [3.8, 4) is 0 Å². The Labute approximate surface area is 84.1 Å². The van der Waals surface area contributed by atoms with Crippen LogP contribution in [0.15, 0.2) is 18.2 Å². The Morgan fingerprint density at radius 1 is 1.38 bits per heavy atom. The lowest BCUT2D eigenvalue weighted by Crippen LogP contribution is -2.00. The number of rotatable bonds is 3. The van der Waals surface area contributed by atoms with Gasteiger partial charge in [-0.2, -0.15) is 0 Å². The number of carboxylic acid groups (broad SMARTS) is 1. The highest BCUT2D eigenvalue weighted by molar-refractivity contribution is 9.08. The van der Waals surface area contributed by atoms with Gasteiger partial charge in [-0.3, -0.25) is 0 Å². The van der Waals surface area contributed by atoms with E-state index in [0.29, 0.717) is 10.9 Å². The molecule has 0 unspecified atom stereocenters. The van der Waals surface area contributed by atoms with Crippen molar-refractivity contribution in [3.63, 3.8) is 0 Å². The summed E-state index contributed by atoms with van der Waals surface area (Å²) in [5.41, 5.74) is 1.76. The third kappa shape index (κ3) is 2.29. The standard InChI is InChI=1S/C9H9BrO3/c10-4-7-2-1-6(9(12)13)3-8(7)5-11/h1-3,11H,4-5H2,(H,12,13). The van der Waals surface area contributed by atoms with Crippen LogP contribution in [0.4, 0.5) is 0 Å². The van der Waals surface area contributed by atoms with Crippen molar-refractivity contribution in [2.45, 2.75) is 11.9 Å². The van der Waals surface area contributed by atoms with Crippen LogP contribution >= 0.6 is 15.9 Å². The molecule has 4 heteroatoms. The summed E-state index contributed by atoms with van der Waals surface area (Å²) in [7, 11) is 0. The summed E-state index contributed by atoms with van der Waals surface area (Å²) in [6, 6.07) is 4.71. The first-order valence-corrected chi connectivity index (χ1v) is 4.83. The highest BCUT2D eigenvalue weighted by Gasteiger charge is 2.06. The van der Waals surface area contributed by atoms with Crippen molar-refractivity contribution >= 4 is 21.9 Å². The van der Waals surface area contributed by atoms with Gasteiger partial charge in [-0.05, 0) is 23.3 Å². The van der Waals surface area contributed by atoms with Crippen LogP contribution in [0.3, 0.4) is 0 Å². The van der Waals surface area contributed by atoms with E-state index in [1.54, 1.807) is 6.07 Å². The Hall–Kier alpha value is -0.870. The fraction of sp³-hybridized carbons (Fsp3) is 0.222. The summed E-state index contributed by atoms with van der Waals surface area (Å²) < 4.78 is 0. The van der Waals surface area contributed by atoms with Crippen LogP contribution in [-0.4, -0.2) is 16.2 Å². The fourth-order valence-corrected chi connectivity index (χ4v) is 1.58. The molecule has 0 aliphatic heterocycles. The summed E-state index contributed by atoms with van der Waals surface area (Å²) in [5, 5.41) is 18.2.